The highest BCUT2D eigenvalue weighted by Gasteiger charge is 2.36. The van der Waals surface area contributed by atoms with E-state index in [2.05, 4.69) is 29.2 Å². The molecule has 1 aromatic carbocycles. The second kappa shape index (κ2) is 3.48. The topological polar surface area (TPSA) is 20.3 Å². The Balaban J connectivity index is 1.88. The fourth-order valence-electron chi connectivity index (χ4n) is 2.78. The van der Waals surface area contributed by atoms with Gasteiger partial charge < -0.3 is 4.90 Å². The first kappa shape index (κ1) is 9.64. The number of rotatable bonds is 1. The van der Waals surface area contributed by atoms with Crippen LogP contribution in [0.25, 0.3) is 0 Å². The molecule has 0 spiro atoms. The number of fused-ring (bicyclic) bond motifs is 1. The van der Waals surface area contributed by atoms with Gasteiger partial charge in [-0.15, -0.1) is 0 Å². The predicted molar refractivity (Wildman–Crippen MR) is 64.5 cm³/mol. The Hall–Kier alpha value is -1.57. The van der Waals surface area contributed by atoms with Gasteiger partial charge in [-0.2, -0.15) is 0 Å². The van der Waals surface area contributed by atoms with Crippen molar-refractivity contribution in [2.45, 2.75) is 13.3 Å². The number of benzene rings is 1. The SMILES string of the molecule is CC1=C2CN(c3ccccc3)C[C@@H]2CC1=O. The fraction of sp³-hybridized carbons (Fsp3) is 0.357. The van der Waals surface area contributed by atoms with Crippen molar-refractivity contribution in [1.29, 1.82) is 0 Å². The Morgan fingerprint density at radius 1 is 1.25 bits per heavy atom. The van der Waals surface area contributed by atoms with E-state index < -0.39 is 0 Å². The lowest BCUT2D eigenvalue weighted by Gasteiger charge is -2.18. The fourth-order valence-corrected chi connectivity index (χ4v) is 2.78. The van der Waals surface area contributed by atoms with Gasteiger partial charge >= 0.3 is 0 Å². The van der Waals surface area contributed by atoms with Crippen molar-refractivity contribution in [3.8, 4) is 0 Å². The van der Waals surface area contributed by atoms with Crippen molar-refractivity contribution in [3.63, 3.8) is 0 Å². The third-order valence-electron chi connectivity index (χ3n) is 3.75. The second-order valence-corrected chi connectivity index (χ2v) is 4.69. The highest BCUT2D eigenvalue weighted by Crippen LogP contribution is 2.37. The third kappa shape index (κ3) is 1.37. The molecule has 1 aliphatic heterocycles. The molecule has 1 saturated heterocycles. The van der Waals surface area contributed by atoms with Crippen LogP contribution in [0.5, 0.6) is 0 Å². The number of carbonyl (C=O) groups is 1. The molecule has 0 radical (unpaired) electrons. The van der Waals surface area contributed by atoms with Gasteiger partial charge in [-0.1, -0.05) is 18.2 Å². The molecule has 1 aromatic rings. The summed E-state index contributed by atoms with van der Waals surface area (Å²) in [6, 6.07) is 10.4. The van der Waals surface area contributed by atoms with Crippen LogP contribution in [0.3, 0.4) is 0 Å². The molecule has 1 fully saturated rings. The zero-order valence-electron chi connectivity index (χ0n) is 9.44. The van der Waals surface area contributed by atoms with E-state index in [1.807, 2.05) is 13.0 Å². The molecule has 2 aliphatic rings. The number of hydrogen-bond acceptors (Lipinski definition) is 2. The molecule has 0 aromatic heterocycles. The van der Waals surface area contributed by atoms with Gasteiger partial charge in [0.2, 0.25) is 0 Å². The highest BCUT2D eigenvalue weighted by atomic mass is 16.1. The molecular formula is C14H15NO. The van der Waals surface area contributed by atoms with Gasteiger partial charge in [-0.3, -0.25) is 4.79 Å². The van der Waals surface area contributed by atoms with Crippen LogP contribution in [0.2, 0.25) is 0 Å². The van der Waals surface area contributed by atoms with E-state index in [9.17, 15) is 4.79 Å². The van der Waals surface area contributed by atoms with Crippen LogP contribution in [0, 0.1) is 5.92 Å². The third-order valence-corrected chi connectivity index (χ3v) is 3.75. The molecule has 0 saturated carbocycles. The zero-order chi connectivity index (χ0) is 11.1. The summed E-state index contributed by atoms with van der Waals surface area (Å²) in [6.07, 6.45) is 0.727. The van der Waals surface area contributed by atoms with Gasteiger partial charge in [0, 0.05) is 31.1 Å². The van der Waals surface area contributed by atoms with E-state index in [1.165, 1.54) is 11.3 Å². The molecule has 82 valence electrons. The average Bonchev–Trinajstić information content (AvgIpc) is 2.82. The van der Waals surface area contributed by atoms with Crippen molar-refractivity contribution in [2.75, 3.05) is 18.0 Å². The monoisotopic (exact) mass is 213 g/mol. The standard InChI is InChI=1S/C14H15NO/c1-10-13-9-15(8-11(13)7-14(10)16)12-5-3-2-4-6-12/h2-6,11H,7-9H2,1H3/t11-/m0/s1. The largest absolute Gasteiger partial charge is 0.367 e. The van der Waals surface area contributed by atoms with Gasteiger partial charge in [-0.25, -0.2) is 0 Å². The molecule has 1 aliphatic carbocycles. The number of ketones is 1. The molecule has 16 heavy (non-hydrogen) atoms. The van der Waals surface area contributed by atoms with Crippen LogP contribution in [0.1, 0.15) is 13.3 Å². The predicted octanol–water partition coefficient (Wildman–Crippen LogP) is 2.41. The van der Waals surface area contributed by atoms with E-state index in [1.54, 1.807) is 0 Å². The molecule has 0 N–H and O–H groups in total. The van der Waals surface area contributed by atoms with Crippen LogP contribution in [0.15, 0.2) is 41.5 Å². The quantitative estimate of drug-likeness (QED) is 0.714. The molecule has 0 amide bonds. The highest BCUT2D eigenvalue weighted by molar-refractivity contribution is 5.99. The maximum atomic E-state index is 11.6. The lowest BCUT2D eigenvalue weighted by Crippen LogP contribution is -2.20. The first-order valence-corrected chi connectivity index (χ1v) is 5.78. The molecule has 0 unspecified atom stereocenters. The Bertz CT molecular complexity index is 461. The summed E-state index contributed by atoms with van der Waals surface area (Å²) < 4.78 is 0. The summed E-state index contributed by atoms with van der Waals surface area (Å²) in [5.74, 6) is 0.834. The van der Waals surface area contributed by atoms with Crippen LogP contribution in [-0.2, 0) is 4.79 Å². The summed E-state index contributed by atoms with van der Waals surface area (Å²) >= 11 is 0. The van der Waals surface area contributed by atoms with Crippen LogP contribution in [-0.4, -0.2) is 18.9 Å². The lowest BCUT2D eigenvalue weighted by molar-refractivity contribution is -0.115. The summed E-state index contributed by atoms with van der Waals surface area (Å²) in [6.45, 7) is 3.92. The maximum Gasteiger partial charge on any atom is 0.159 e. The zero-order valence-corrected chi connectivity index (χ0v) is 9.44. The number of anilines is 1. The minimum absolute atomic E-state index is 0.354. The summed E-state index contributed by atoms with van der Waals surface area (Å²) in [4.78, 5) is 13.9. The van der Waals surface area contributed by atoms with Crippen molar-refractivity contribution in [2.24, 2.45) is 5.92 Å². The molecular weight excluding hydrogens is 198 g/mol. The van der Waals surface area contributed by atoms with E-state index >= 15 is 0 Å². The van der Waals surface area contributed by atoms with Crippen molar-refractivity contribution in [1.82, 2.24) is 0 Å². The van der Waals surface area contributed by atoms with Gasteiger partial charge in [-0.05, 0) is 30.2 Å². The van der Waals surface area contributed by atoms with Crippen molar-refractivity contribution in [3.05, 3.63) is 41.5 Å². The Morgan fingerprint density at radius 2 is 2.00 bits per heavy atom. The number of Topliss-reactive ketones (excluding diaryl/α,β-unsaturated/α-hetero) is 1. The van der Waals surface area contributed by atoms with Crippen LogP contribution < -0.4 is 4.90 Å². The Morgan fingerprint density at radius 3 is 2.69 bits per heavy atom. The first-order valence-electron chi connectivity index (χ1n) is 5.78. The van der Waals surface area contributed by atoms with E-state index in [0.717, 1.165) is 25.1 Å². The minimum atomic E-state index is 0.354. The molecule has 1 atom stereocenters. The molecule has 1 heterocycles. The number of allylic oxidation sites excluding steroid dienone is 1. The van der Waals surface area contributed by atoms with Gasteiger partial charge in [0.15, 0.2) is 5.78 Å². The van der Waals surface area contributed by atoms with E-state index in [0.29, 0.717) is 11.7 Å². The Labute approximate surface area is 95.6 Å². The Kier molecular flexibility index (Phi) is 2.10. The molecule has 2 nitrogen and oxygen atoms in total. The van der Waals surface area contributed by atoms with E-state index in [-0.39, 0.29) is 0 Å². The second-order valence-electron chi connectivity index (χ2n) is 4.69. The minimum Gasteiger partial charge on any atom is -0.367 e. The number of carbonyl (C=O) groups excluding carboxylic acids is 1. The molecule has 3 rings (SSSR count). The average molecular weight is 213 g/mol. The van der Waals surface area contributed by atoms with Crippen LogP contribution >= 0.6 is 0 Å². The van der Waals surface area contributed by atoms with Crippen molar-refractivity contribution >= 4 is 11.5 Å². The number of nitrogens with zero attached hydrogens (tertiary/aromatic N) is 1. The smallest absolute Gasteiger partial charge is 0.159 e. The number of para-hydroxylation sites is 1. The lowest BCUT2D eigenvalue weighted by atomic mass is 10.1. The maximum absolute atomic E-state index is 11.6. The van der Waals surface area contributed by atoms with Gasteiger partial charge in [0.1, 0.15) is 0 Å². The summed E-state index contributed by atoms with van der Waals surface area (Å²) in [5.41, 5.74) is 3.65. The normalized spacial score (nSPS) is 24.2. The first-order chi connectivity index (χ1) is 7.75. The van der Waals surface area contributed by atoms with E-state index in [4.69, 9.17) is 0 Å². The molecule has 2 heteroatoms. The molecule has 0 bridgehead atoms. The van der Waals surface area contributed by atoms with Gasteiger partial charge in [0.05, 0.1) is 0 Å². The summed E-state index contributed by atoms with van der Waals surface area (Å²) in [7, 11) is 0. The van der Waals surface area contributed by atoms with Gasteiger partial charge in [0.25, 0.3) is 0 Å². The number of hydrogen-bond donors (Lipinski definition) is 0. The van der Waals surface area contributed by atoms with Crippen molar-refractivity contribution < 1.29 is 4.79 Å². The summed E-state index contributed by atoms with van der Waals surface area (Å²) in [5, 5.41) is 0. The van der Waals surface area contributed by atoms with Crippen LogP contribution in [0.4, 0.5) is 5.69 Å².